The van der Waals surface area contributed by atoms with Crippen LogP contribution in [0.15, 0.2) is 40.6 Å². The molecule has 1 aromatic heterocycles. The van der Waals surface area contributed by atoms with Crippen molar-refractivity contribution in [3.8, 4) is 6.07 Å². The van der Waals surface area contributed by atoms with E-state index in [-0.39, 0.29) is 10.8 Å². The fourth-order valence-corrected chi connectivity index (χ4v) is 4.87. The molecule has 0 atom stereocenters. The zero-order chi connectivity index (χ0) is 20.6. The van der Waals surface area contributed by atoms with Crippen LogP contribution in [0.3, 0.4) is 0 Å². The fourth-order valence-electron chi connectivity index (χ4n) is 2.62. The number of nitrogens with one attached hydrogen (secondary N) is 1. The number of unbranched alkanes of at least 4 members (excludes halogenated alkanes) is 2. The number of rotatable bonds is 10. The number of benzene rings is 1. The largest absolute Gasteiger partial charge is 0.312 e. The smallest absolute Gasteiger partial charge is 0.256 e. The SMILES string of the molecule is CCCCN(CCCC)S(=O)(=O)c1ccc(C(=O)Nc2sccc2C#N)cc1. The number of amides is 1. The summed E-state index contributed by atoms with van der Waals surface area (Å²) in [6.07, 6.45) is 3.46. The summed E-state index contributed by atoms with van der Waals surface area (Å²) in [7, 11) is -3.59. The predicted molar refractivity (Wildman–Crippen MR) is 112 cm³/mol. The number of nitrogens with zero attached hydrogens (tertiary/aromatic N) is 2. The van der Waals surface area contributed by atoms with Crippen molar-refractivity contribution in [2.24, 2.45) is 0 Å². The minimum atomic E-state index is -3.59. The van der Waals surface area contributed by atoms with Gasteiger partial charge in [0.2, 0.25) is 10.0 Å². The molecule has 6 nitrogen and oxygen atoms in total. The van der Waals surface area contributed by atoms with Gasteiger partial charge in [0, 0.05) is 18.7 Å². The number of hydrogen-bond acceptors (Lipinski definition) is 5. The van der Waals surface area contributed by atoms with Crippen LogP contribution in [0, 0.1) is 11.3 Å². The first kappa shape index (κ1) is 22.1. The Morgan fingerprint density at radius 3 is 2.25 bits per heavy atom. The lowest BCUT2D eigenvalue weighted by atomic mass is 10.2. The van der Waals surface area contributed by atoms with Crippen LogP contribution in [0.4, 0.5) is 5.00 Å². The molecule has 1 amide bonds. The van der Waals surface area contributed by atoms with Gasteiger partial charge in [0.05, 0.1) is 10.5 Å². The minimum Gasteiger partial charge on any atom is -0.312 e. The summed E-state index contributed by atoms with van der Waals surface area (Å²) in [5, 5.41) is 13.9. The van der Waals surface area contributed by atoms with Gasteiger partial charge < -0.3 is 5.32 Å². The lowest BCUT2D eigenvalue weighted by Crippen LogP contribution is -2.33. The third-order valence-electron chi connectivity index (χ3n) is 4.29. The highest BCUT2D eigenvalue weighted by molar-refractivity contribution is 7.89. The van der Waals surface area contributed by atoms with E-state index >= 15 is 0 Å². The second-order valence-electron chi connectivity index (χ2n) is 6.36. The molecule has 1 heterocycles. The molecular weight excluding hydrogens is 394 g/mol. The first-order chi connectivity index (χ1) is 13.4. The molecule has 0 saturated carbocycles. The van der Waals surface area contributed by atoms with Crippen molar-refractivity contribution in [3.05, 3.63) is 46.8 Å². The van der Waals surface area contributed by atoms with Crippen LogP contribution in [-0.4, -0.2) is 31.7 Å². The molecule has 0 saturated heterocycles. The first-order valence-corrected chi connectivity index (χ1v) is 11.6. The lowest BCUT2D eigenvalue weighted by Gasteiger charge is -2.22. The Balaban J connectivity index is 2.17. The van der Waals surface area contributed by atoms with Crippen molar-refractivity contribution < 1.29 is 13.2 Å². The molecule has 0 fully saturated rings. The highest BCUT2D eigenvalue weighted by atomic mass is 32.2. The maximum Gasteiger partial charge on any atom is 0.256 e. The number of carbonyl (C=O) groups is 1. The summed E-state index contributed by atoms with van der Waals surface area (Å²) in [4.78, 5) is 12.6. The molecule has 2 rings (SSSR count). The van der Waals surface area contributed by atoms with Crippen LogP contribution in [0.5, 0.6) is 0 Å². The van der Waals surface area contributed by atoms with Crippen molar-refractivity contribution in [1.82, 2.24) is 4.31 Å². The van der Waals surface area contributed by atoms with Crippen LogP contribution < -0.4 is 5.32 Å². The summed E-state index contributed by atoms with van der Waals surface area (Å²) >= 11 is 1.27. The molecule has 1 aromatic carbocycles. The van der Waals surface area contributed by atoms with Gasteiger partial charge in [-0.05, 0) is 48.6 Å². The number of thiophene rings is 1. The van der Waals surface area contributed by atoms with Crippen LogP contribution >= 0.6 is 11.3 Å². The Bertz CT molecular complexity index is 920. The van der Waals surface area contributed by atoms with Gasteiger partial charge in [-0.1, -0.05) is 26.7 Å². The molecule has 8 heteroatoms. The number of anilines is 1. The van der Waals surface area contributed by atoms with E-state index in [0.29, 0.717) is 29.2 Å². The van der Waals surface area contributed by atoms with Gasteiger partial charge >= 0.3 is 0 Å². The molecule has 0 aliphatic carbocycles. The first-order valence-electron chi connectivity index (χ1n) is 9.33. The highest BCUT2D eigenvalue weighted by Crippen LogP contribution is 2.23. The number of hydrogen-bond donors (Lipinski definition) is 1. The van der Waals surface area contributed by atoms with Gasteiger partial charge in [-0.3, -0.25) is 4.79 Å². The summed E-state index contributed by atoms with van der Waals surface area (Å²) in [6.45, 7) is 5.06. The standard InChI is InChI=1S/C20H25N3O3S2/c1-3-5-12-23(13-6-4-2)28(25,26)18-9-7-16(8-10-18)19(24)22-20-17(15-21)11-14-27-20/h7-11,14H,3-6,12-13H2,1-2H3,(H,22,24). The Morgan fingerprint density at radius 1 is 1.11 bits per heavy atom. The Hall–Kier alpha value is -2.21. The average molecular weight is 420 g/mol. The molecule has 0 aliphatic rings. The zero-order valence-electron chi connectivity index (χ0n) is 16.1. The third-order valence-corrected chi connectivity index (χ3v) is 7.03. The van der Waals surface area contributed by atoms with Crippen LogP contribution in [0.2, 0.25) is 0 Å². The summed E-state index contributed by atoms with van der Waals surface area (Å²) in [6, 6.07) is 9.59. The Labute approximate surface area is 170 Å². The number of carbonyl (C=O) groups excluding carboxylic acids is 1. The van der Waals surface area contributed by atoms with Gasteiger partial charge in [0.15, 0.2) is 0 Å². The van der Waals surface area contributed by atoms with Crippen LogP contribution in [0.1, 0.15) is 55.5 Å². The van der Waals surface area contributed by atoms with E-state index in [9.17, 15) is 13.2 Å². The van der Waals surface area contributed by atoms with Crippen LogP contribution in [-0.2, 0) is 10.0 Å². The van der Waals surface area contributed by atoms with Gasteiger partial charge in [0.25, 0.3) is 5.91 Å². The van der Waals surface area contributed by atoms with Gasteiger partial charge in [-0.15, -0.1) is 11.3 Å². The van der Waals surface area contributed by atoms with Gasteiger partial charge in [0.1, 0.15) is 11.1 Å². The van der Waals surface area contributed by atoms with Gasteiger partial charge in [-0.2, -0.15) is 9.57 Å². The van der Waals surface area contributed by atoms with Crippen LogP contribution in [0.25, 0.3) is 0 Å². The molecule has 150 valence electrons. The Morgan fingerprint density at radius 2 is 1.71 bits per heavy atom. The van der Waals surface area contributed by atoms with Gasteiger partial charge in [-0.25, -0.2) is 8.42 Å². The summed E-state index contributed by atoms with van der Waals surface area (Å²) in [5.41, 5.74) is 0.741. The number of nitriles is 1. The van der Waals surface area contributed by atoms with Crippen molar-refractivity contribution >= 4 is 32.3 Å². The monoisotopic (exact) mass is 419 g/mol. The van der Waals surface area contributed by atoms with E-state index in [4.69, 9.17) is 5.26 Å². The van der Waals surface area contributed by atoms with E-state index in [0.717, 1.165) is 25.7 Å². The lowest BCUT2D eigenvalue weighted by molar-refractivity contribution is 0.102. The van der Waals surface area contributed by atoms with Crippen molar-refractivity contribution in [2.75, 3.05) is 18.4 Å². The van der Waals surface area contributed by atoms with E-state index in [1.54, 1.807) is 11.4 Å². The summed E-state index contributed by atoms with van der Waals surface area (Å²) in [5.74, 6) is -0.378. The van der Waals surface area contributed by atoms with E-state index < -0.39 is 10.0 Å². The Kier molecular flexibility index (Phi) is 8.18. The maximum absolute atomic E-state index is 13.0. The molecule has 0 aliphatic heterocycles. The second-order valence-corrected chi connectivity index (χ2v) is 9.22. The molecule has 0 bridgehead atoms. The second kappa shape index (κ2) is 10.4. The molecule has 1 N–H and O–H groups in total. The number of sulfonamides is 1. The predicted octanol–water partition coefficient (Wildman–Crippen LogP) is 4.46. The van der Waals surface area contributed by atoms with Crippen molar-refractivity contribution in [1.29, 1.82) is 5.26 Å². The summed E-state index contributed by atoms with van der Waals surface area (Å²) < 4.78 is 27.4. The van der Waals surface area contributed by atoms with E-state index in [1.165, 1.54) is 39.9 Å². The quantitative estimate of drug-likeness (QED) is 0.615. The van der Waals surface area contributed by atoms with E-state index in [1.807, 2.05) is 19.9 Å². The molecule has 0 spiro atoms. The molecule has 0 radical (unpaired) electrons. The van der Waals surface area contributed by atoms with E-state index in [2.05, 4.69) is 5.32 Å². The third kappa shape index (κ3) is 5.41. The molecule has 28 heavy (non-hydrogen) atoms. The minimum absolute atomic E-state index is 0.185. The van der Waals surface area contributed by atoms with Crippen molar-refractivity contribution in [3.63, 3.8) is 0 Å². The highest BCUT2D eigenvalue weighted by Gasteiger charge is 2.23. The molecule has 2 aromatic rings. The average Bonchev–Trinajstić information content (AvgIpc) is 3.15. The topological polar surface area (TPSA) is 90.3 Å². The molecule has 0 unspecified atom stereocenters. The zero-order valence-corrected chi connectivity index (χ0v) is 17.8. The molecular formula is C20H25N3O3S2. The maximum atomic E-state index is 13.0. The fraction of sp³-hybridized carbons (Fsp3) is 0.400. The normalized spacial score (nSPS) is 11.4. The van der Waals surface area contributed by atoms with Crippen molar-refractivity contribution in [2.45, 2.75) is 44.4 Å².